The highest BCUT2D eigenvalue weighted by Gasteiger charge is 2.16. The fourth-order valence-corrected chi connectivity index (χ4v) is 1.76. The second kappa shape index (κ2) is 5.11. The van der Waals surface area contributed by atoms with Crippen LogP contribution in [0.4, 0.5) is 11.4 Å². The first-order valence-electron chi connectivity index (χ1n) is 4.79. The van der Waals surface area contributed by atoms with Crippen LogP contribution in [0.25, 0.3) is 0 Å². The van der Waals surface area contributed by atoms with Crippen molar-refractivity contribution in [3.63, 3.8) is 0 Å². The maximum atomic E-state index is 10.8. The molecule has 94 valence electrons. The number of nitrogens with one attached hydrogen (secondary N) is 1. The number of hydrogen-bond donors (Lipinski definition) is 2. The van der Waals surface area contributed by atoms with Crippen molar-refractivity contribution in [2.75, 3.05) is 17.6 Å². The van der Waals surface area contributed by atoms with Crippen LogP contribution in [0.3, 0.4) is 0 Å². The summed E-state index contributed by atoms with van der Waals surface area (Å²) in [6, 6.07) is 4.79. The van der Waals surface area contributed by atoms with Crippen LogP contribution in [0.5, 0.6) is 0 Å². The van der Waals surface area contributed by atoms with Crippen LogP contribution in [0.1, 0.15) is 5.56 Å². The Bertz CT molecular complexity index is 527. The average Bonchev–Trinajstić information content (AvgIpc) is 2.14. The summed E-state index contributed by atoms with van der Waals surface area (Å²) >= 11 is 0. The third-order valence-electron chi connectivity index (χ3n) is 2.12. The fourth-order valence-electron chi connectivity index (χ4n) is 1.37. The molecule has 8 heteroatoms. The molecule has 1 aromatic carbocycles. The molecule has 0 aliphatic heterocycles. The maximum Gasteiger partial charge on any atom is 0.295 e. The number of nitrogens with zero attached hydrogens (tertiary/aromatic N) is 1. The van der Waals surface area contributed by atoms with Gasteiger partial charge in [-0.1, -0.05) is 12.1 Å². The molecule has 0 atom stereocenters. The Kier molecular flexibility index (Phi) is 4.02. The smallest absolute Gasteiger partial charge is 0.295 e. The summed E-state index contributed by atoms with van der Waals surface area (Å²) in [7, 11) is -3.57. The lowest BCUT2D eigenvalue weighted by molar-refractivity contribution is -0.384. The Hall–Kier alpha value is -1.67. The minimum atomic E-state index is -3.57. The Morgan fingerprint density at radius 2 is 2.12 bits per heavy atom. The van der Waals surface area contributed by atoms with Crippen LogP contribution in [0, 0.1) is 17.0 Å². The predicted octanol–water partition coefficient (Wildman–Crippen LogP) is 0.604. The molecule has 0 spiro atoms. The third kappa shape index (κ3) is 4.00. The Balaban J connectivity index is 2.85. The van der Waals surface area contributed by atoms with Crippen LogP contribution >= 0.6 is 0 Å². The van der Waals surface area contributed by atoms with E-state index in [1.165, 1.54) is 6.07 Å². The zero-order valence-corrected chi connectivity index (χ0v) is 10.0. The van der Waals surface area contributed by atoms with Crippen molar-refractivity contribution < 1.29 is 13.3 Å². The van der Waals surface area contributed by atoms with E-state index < -0.39 is 14.9 Å². The van der Waals surface area contributed by atoms with E-state index in [4.69, 9.17) is 5.14 Å². The molecule has 0 aliphatic rings. The van der Waals surface area contributed by atoms with Crippen LogP contribution in [-0.4, -0.2) is 25.6 Å². The predicted molar refractivity (Wildman–Crippen MR) is 64.3 cm³/mol. The maximum absolute atomic E-state index is 10.8. The molecule has 0 radical (unpaired) electrons. The van der Waals surface area contributed by atoms with Gasteiger partial charge < -0.3 is 5.32 Å². The van der Waals surface area contributed by atoms with E-state index in [-0.39, 0.29) is 18.0 Å². The first-order valence-corrected chi connectivity index (χ1v) is 6.51. The van der Waals surface area contributed by atoms with E-state index in [2.05, 4.69) is 5.32 Å². The number of hydrogen-bond acceptors (Lipinski definition) is 5. The molecule has 0 saturated heterocycles. The number of nitro benzene ring substituents is 1. The van der Waals surface area contributed by atoms with E-state index in [0.717, 1.165) is 0 Å². The zero-order chi connectivity index (χ0) is 13.1. The van der Waals surface area contributed by atoms with Gasteiger partial charge >= 0.3 is 0 Å². The third-order valence-corrected chi connectivity index (χ3v) is 2.90. The SMILES string of the molecule is Cc1cccc(NCCS(N)(=O)=O)c1[N+](=O)[O-]. The quantitative estimate of drug-likeness (QED) is 0.593. The lowest BCUT2D eigenvalue weighted by atomic mass is 10.1. The molecule has 0 aromatic heterocycles. The first-order chi connectivity index (χ1) is 7.81. The molecule has 1 rings (SSSR count). The standard InChI is InChI=1S/C9H13N3O4S/c1-7-3-2-4-8(9(7)12(13)14)11-5-6-17(10,15)16/h2-4,11H,5-6H2,1H3,(H2,10,15,16). The van der Waals surface area contributed by atoms with Crippen molar-refractivity contribution in [1.82, 2.24) is 0 Å². The lowest BCUT2D eigenvalue weighted by Crippen LogP contribution is -2.22. The summed E-state index contributed by atoms with van der Waals surface area (Å²) in [6.07, 6.45) is 0. The van der Waals surface area contributed by atoms with Crippen molar-refractivity contribution in [2.24, 2.45) is 5.14 Å². The van der Waals surface area contributed by atoms with Gasteiger partial charge in [-0.05, 0) is 13.0 Å². The van der Waals surface area contributed by atoms with Gasteiger partial charge in [-0.2, -0.15) is 0 Å². The van der Waals surface area contributed by atoms with E-state index in [1.807, 2.05) is 0 Å². The number of primary sulfonamides is 1. The largest absolute Gasteiger partial charge is 0.378 e. The summed E-state index contributed by atoms with van der Waals surface area (Å²) in [5.41, 5.74) is 0.746. The topological polar surface area (TPSA) is 115 Å². The Morgan fingerprint density at radius 1 is 1.47 bits per heavy atom. The lowest BCUT2D eigenvalue weighted by Gasteiger charge is -2.07. The number of sulfonamides is 1. The van der Waals surface area contributed by atoms with Crippen LogP contribution in [0.2, 0.25) is 0 Å². The van der Waals surface area contributed by atoms with Gasteiger partial charge in [0.25, 0.3) is 5.69 Å². The fraction of sp³-hybridized carbons (Fsp3) is 0.333. The zero-order valence-electron chi connectivity index (χ0n) is 9.21. The highest BCUT2D eigenvalue weighted by atomic mass is 32.2. The molecule has 0 bridgehead atoms. The molecule has 0 unspecified atom stereocenters. The summed E-state index contributed by atoms with van der Waals surface area (Å²) in [5.74, 6) is -0.280. The number of aryl methyl sites for hydroxylation is 1. The molecule has 0 heterocycles. The highest BCUT2D eigenvalue weighted by Crippen LogP contribution is 2.27. The Morgan fingerprint density at radius 3 is 2.65 bits per heavy atom. The summed E-state index contributed by atoms with van der Waals surface area (Å²) in [5, 5.41) is 18.3. The number of anilines is 1. The number of benzene rings is 1. The van der Waals surface area contributed by atoms with Gasteiger partial charge in [-0.15, -0.1) is 0 Å². The normalized spacial score (nSPS) is 11.2. The summed E-state index contributed by atoms with van der Waals surface area (Å²) < 4.78 is 21.4. The van der Waals surface area contributed by atoms with Gasteiger partial charge in [0.15, 0.2) is 0 Å². The minimum Gasteiger partial charge on any atom is -0.378 e. The molecule has 0 amide bonds. The van der Waals surface area contributed by atoms with Crippen molar-refractivity contribution in [1.29, 1.82) is 0 Å². The van der Waals surface area contributed by atoms with Gasteiger partial charge in [0.05, 0.1) is 10.7 Å². The molecule has 0 saturated carbocycles. The summed E-state index contributed by atoms with van der Waals surface area (Å²) in [6.45, 7) is 1.64. The molecule has 0 aliphatic carbocycles. The van der Waals surface area contributed by atoms with Gasteiger partial charge in [-0.3, -0.25) is 10.1 Å². The van der Waals surface area contributed by atoms with Crippen molar-refractivity contribution in [3.8, 4) is 0 Å². The average molecular weight is 259 g/mol. The van der Waals surface area contributed by atoms with Crippen LogP contribution in [-0.2, 0) is 10.0 Å². The number of rotatable bonds is 5. The molecule has 7 nitrogen and oxygen atoms in total. The van der Waals surface area contributed by atoms with E-state index in [9.17, 15) is 18.5 Å². The Labute approximate surface area is 98.8 Å². The minimum absolute atomic E-state index is 0.0309. The number of para-hydroxylation sites is 1. The molecular weight excluding hydrogens is 246 g/mol. The van der Waals surface area contributed by atoms with Crippen molar-refractivity contribution >= 4 is 21.4 Å². The van der Waals surface area contributed by atoms with Crippen LogP contribution in [0.15, 0.2) is 18.2 Å². The van der Waals surface area contributed by atoms with Crippen molar-refractivity contribution in [2.45, 2.75) is 6.92 Å². The highest BCUT2D eigenvalue weighted by molar-refractivity contribution is 7.89. The van der Waals surface area contributed by atoms with Gasteiger partial charge in [0.2, 0.25) is 10.0 Å². The van der Waals surface area contributed by atoms with E-state index >= 15 is 0 Å². The molecule has 3 N–H and O–H groups in total. The van der Waals surface area contributed by atoms with E-state index in [0.29, 0.717) is 11.3 Å². The van der Waals surface area contributed by atoms with Gasteiger partial charge in [-0.25, -0.2) is 13.6 Å². The molecule has 17 heavy (non-hydrogen) atoms. The molecule has 0 fully saturated rings. The van der Waals surface area contributed by atoms with E-state index in [1.54, 1.807) is 19.1 Å². The van der Waals surface area contributed by atoms with Crippen molar-refractivity contribution in [3.05, 3.63) is 33.9 Å². The monoisotopic (exact) mass is 259 g/mol. The van der Waals surface area contributed by atoms with Gasteiger partial charge in [0.1, 0.15) is 5.69 Å². The molecular formula is C9H13N3O4S. The summed E-state index contributed by atoms with van der Waals surface area (Å²) in [4.78, 5) is 10.3. The second-order valence-corrected chi connectivity index (χ2v) is 5.26. The second-order valence-electron chi connectivity index (χ2n) is 3.52. The van der Waals surface area contributed by atoms with Crippen LogP contribution < -0.4 is 10.5 Å². The molecule has 1 aromatic rings. The first kappa shape index (κ1) is 13.4. The number of nitrogens with two attached hydrogens (primary N) is 1. The number of nitro groups is 1. The van der Waals surface area contributed by atoms with Gasteiger partial charge in [0, 0.05) is 12.1 Å².